The van der Waals surface area contributed by atoms with Gasteiger partial charge in [-0.1, -0.05) is 18.2 Å². The molecule has 70 valence electrons. The lowest BCUT2D eigenvalue weighted by atomic mass is 10.1. The second-order valence-electron chi connectivity index (χ2n) is 3.61. The van der Waals surface area contributed by atoms with Crippen molar-refractivity contribution in [1.29, 1.82) is 0 Å². The van der Waals surface area contributed by atoms with Crippen LogP contribution < -0.4 is 5.32 Å². The summed E-state index contributed by atoms with van der Waals surface area (Å²) < 4.78 is 2.11. The predicted molar refractivity (Wildman–Crippen MR) is 55.8 cm³/mol. The summed E-state index contributed by atoms with van der Waals surface area (Å²) in [6.07, 6.45) is 3.82. The number of hydrogen-bond donors (Lipinski definition) is 1. The molecule has 1 N–H and O–H groups in total. The van der Waals surface area contributed by atoms with E-state index in [0.29, 0.717) is 0 Å². The minimum atomic E-state index is 0.916. The van der Waals surface area contributed by atoms with E-state index in [0.717, 1.165) is 12.5 Å². The van der Waals surface area contributed by atoms with Gasteiger partial charge in [0.25, 0.3) is 0 Å². The number of fused-ring (bicyclic) bond motifs is 2. The molecule has 0 saturated carbocycles. The Kier molecular flexibility index (Phi) is 1.42. The van der Waals surface area contributed by atoms with E-state index in [1.54, 1.807) is 0 Å². The summed E-state index contributed by atoms with van der Waals surface area (Å²) in [5.74, 6) is 0.937. The molecule has 0 spiro atoms. The van der Waals surface area contributed by atoms with Gasteiger partial charge in [-0.15, -0.1) is 0 Å². The Balaban J connectivity index is 2.17. The van der Waals surface area contributed by atoms with Gasteiger partial charge in [-0.3, -0.25) is 0 Å². The van der Waals surface area contributed by atoms with Crippen LogP contribution >= 0.6 is 0 Å². The predicted octanol–water partition coefficient (Wildman–Crippen LogP) is 2.30. The zero-order chi connectivity index (χ0) is 9.54. The third kappa shape index (κ3) is 0.954. The first-order valence-electron chi connectivity index (χ1n) is 4.71. The summed E-state index contributed by atoms with van der Waals surface area (Å²) in [5.41, 5.74) is 3.82. The van der Waals surface area contributed by atoms with Crippen LogP contribution in [-0.4, -0.2) is 9.55 Å². The molecule has 1 aliphatic rings. The number of rotatable bonds is 0. The Morgan fingerprint density at radius 3 is 3.29 bits per heavy atom. The van der Waals surface area contributed by atoms with Crippen LogP contribution in [0, 0.1) is 6.92 Å². The van der Waals surface area contributed by atoms with Gasteiger partial charge in [0.1, 0.15) is 0 Å². The highest BCUT2D eigenvalue weighted by atomic mass is 15.2. The van der Waals surface area contributed by atoms with Crippen LogP contribution in [0.15, 0.2) is 30.6 Å². The highest BCUT2D eigenvalue weighted by molar-refractivity contribution is 5.65. The number of nitrogens with zero attached hydrogens (tertiary/aromatic N) is 2. The Labute approximate surface area is 82.4 Å². The van der Waals surface area contributed by atoms with Gasteiger partial charge >= 0.3 is 0 Å². The number of benzene rings is 1. The SMILES string of the molecule is Cc1cccc2c1Nc1nccn1C2. The maximum atomic E-state index is 4.25. The zero-order valence-corrected chi connectivity index (χ0v) is 7.99. The van der Waals surface area contributed by atoms with E-state index >= 15 is 0 Å². The second kappa shape index (κ2) is 2.61. The fraction of sp³-hybridized carbons (Fsp3) is 0.182. The number of imidazole rings is 1. The van der Waals surface area contributed by atoms with Crippen LogP contribution in [0.25, 0.3) is 0 Å². The summed E-state index contributed by atoms with van der Waals surface area (Å²) in [6, 6.07) is 6.36. The minimum absolute atomic E-state index is 0.916. The molecule has 1 aliphatic heterocycles. The molecule has 2 heterocycles. The zero-order valence-electron chi connectivity index (χ0n) is 7.99. The molecule has 0 amide bonds. The van der Waals surface area contributed by atoms with Gasteiger partial charge in [0.15, 0.2) is 0 Å². The first kappa shape index (κ1) is 7.62. The summed E-state index contributed by atoms with van der Waals surface area (Å²) in [4.78, 5) is 4.25. The van der Waals surface area contributed by atoms with Gasteiger partial charge in [0.05, 0.1) is 6.54 Å². The molecule has 1 aromatic heterocycles. The number of nitrogens with one attached hydrogen (secondary N) is 1. The van der Waals surface area contributed by atoms with Gasteiger partial charge < -0.3 is 9.88 Å². The van der Waals surface area contributed by atoms with Gasteiger partial charge in [-0.2, -0.15) is 0 Å². The van der Waals surface area contributed by atoms with Crippen molar-refractivity contribution >= 4 is 11.6 Å². The maximum Gasteiger partial charge on any atom is 0.207 e. The average molecular weight is 185 g/mol. The molecular weight excluding hydrogens is 174 g/mol. The monoisotopic (exact) mass is 185 g/mol. The van der Waals surface area contributed by atoms with E-state index in [1.165, 1.54) is 16.8 Å². The Hall–Kier alpha value is -1.77. The van der Waals surface area contributed by atoms with Gasteiger partial charge in [0.2, 0.25) is 5.95 Å². The minimum Gasteiger partial charge on any atom is -0.325 e. The average Bonchev–Trinajstić information content (AvgIpc) is 2.62. The lowest BCUT2D eigenvalue weighted by Crippen LogP contribution is -2.13. The van der Waals surface area contributed by atoms with Crippen LogP contribution in [0.3, 0.4) is 0 Å². The largest absolute Gasteiger partial charge is 0.325 e. The molecule has 2 aromatic rings. The normalized spacial score (nSPS) is 12.9. The van der Waals surface area contributed by atoms with E-state index in [-0.39, 0.29) is 0 Å². The first-order valence-corrected chi connectivity index (χ1v) is 4.71. The van der Waals surface area contributed by atoms with E-state index < -0.39 is 0 Å². The molecule has 3 nitrogen and oxygen atoms in total. The molecule has 3 rings (SSSR count). The molecule has 0 unspecified atom stereocenters. The second-order valence-corrected chi connectivity index (χ2v) is 3.61. The number of aryl methyl sites for hydroxylation is 1. The van der Waals surface area contributed by atoms with E-state index in [2.05, 4.69) is 40.0 Å². The summed E-state index contributed by atoms with van der Waals surface area (Å²) in [6.45, 7) is 3.03. The molecule has 0 radical (unpaired) electrons. The first-order chi connectivity index (χ1) is 6.84. The summed E-state index contributed by atoms with van der Waals surface area (Å²) in [7, 11) is 0. The number of aromatic nitrogens is 2. The molecule has 0 fully saturated rings. The standard InChI is InChI=1S/C11H11N3/c1-8-3-2-4-9-7-14-6-5-12-11(14)13-10(8)9/h2-6H,7H2,1H3,(H,12,13). The molecule has 0 atom stereocenters. The molecule has 1 aromatic carbocycles. The summed E-state index contributed by atoms with van der Waals surface area (Å²) >= 11 is 0. The van der Waals surface area contributed by atoms with Crippen molar-refractivity contribution in [2.45, 2.75) is 13.5 Å². The number of para-hydroxylation sites is 1. The van der Waals surface area contributed by atoms with Gasteiger partial charge in [-0.05, 0) is 18.1 Å². The van der Waals surface area contributed by atoms with Crippen molar-refractivity contribution < 1.29 is 0 Å². The van der Waals surface area contributed by atoms with E-state index in [1.807, 2.05) is 12.4 Å². The topological polar surface area (TPSA) is 29.9 Å². The highest BCUT2D eigenvalue weighted by Crippen LogP contribution is 2.29. The third-order valence-corrected chi connectivity index (χ3v) is 2.65. The van der Waals surface area contributed by atoms with Gasteiger partial charge in [-0.25, -0.2) is 4.98 Å². The number of hydrogen-bond acceptors (Lipinski definition) is 2. The van der Waals surface area contributed by atoms with Crippen molar-refractivity contribution in [3.05, 3.63) is 41.7 Å². The van der Waals surface area contributed by atoms with Crippen LogP contribution in [0.5, 0.6) is 0 Å². The fourth-order valence-corrected chi connectivity index (χ4v) is 1.90. The smallest absolute Gasteiger partial charge is 0.207 e. The highest BCUT2D eigenvalue weighted by Gasteiger charge is 2.15. The van der Waals surface area contributed by atoms with Crippen LogP contribution in [0.2, 0.25) is 0 Å². The molecular formula is C11H11N3. The van der Waals surface area contributed by atoms with Gasteiger partial charge in [0, 0.05) is 18.1 Å². The van der Waals surface area contributed by atoms with E-state index in [4.69, 9.17) is 0 Å². The fourth-order valence-electron chi connectivity index (χ4n) is 1.90. The lowest BCUT2D eigenvalue weighted by molar-refractivity contribution is 0.790. The van der Waals surface area contributed by atoms with E-state index in [9.17, 15) is 0 Å². The Bertz CT molecular complexity index is 485. The third-order valence-electron chi connectivity index (χ3n) is 2.65. The molecule has 0 bridgehead atoms. The maximum absolute atomic E-state index is 4.25. The van der Waals surface area contributed by atoms with Crippen LogP contribution in [0.4, 0.5) is 11.6 Å². The van der Waals surface area contributed by atoms with Crippen LogP contribution in [-0.2, 0) is 6.54 Å². The quantitative estimate of drug-likeness (QED) is 0.582. The van der Waals surface area contributed by atoms with Crippen molar-refractivity contribution in [1.82, 2.24) is 9.55 Å². The van der Waals surface area contributed by atoms with Crippen molar-refractivity contribution in [2.75, 3.05) is 5.32 Å². The van der Waals surface area contributed by atoms with Crippen molar-refractivity contribution in [3.63, 3.8) is 0 Å². The molecule has 0 aliphatic carbocycles. The molecule has 0 saturated heterocycles. The lowest BCUT2D eigenvalue weighted by Gasteiger charge is -2.21. The van der Waals surface area contributed by atoms with Crippen LogP contribution in [0.1, 0.15) is 11.1 Å². The summed E-state index contributed by atoms with van der Waals surface area (Å²) in [5, 5.41) is 3.34. The number of anilines is 2. The van der Waals surface area contributed by atoms with Crippen molar-refractivity contribution in [3.8, 4) is 0 Å². The Morgan fingerprint density at radius 1 is 1.43 bits per heavy atom. The molecule has 3 heteroatoms. The molecule has 14 heavy (non-hydrogen) atoms. The van der Waals surface area contributed by atoms with Crippen molar-refractivity contribution in [2.24, 2.45) is 0 Å². The Morgan fingerprint density at radius 2 is 2.36 bits per heavy atom.